The molecule has 5 nitrogen and oxygen atoms in total. The number of pyridine rings is 1. The minimum atomic E-state index is 0.0223. The smallest absolute Gasteiger partial charge is 0.227 e. The molecule has 0 aliphatic carbocycles. The quantitative estimate of drug-likeness (QED) is 0.886. The Morgan fingerprint density at radius 2 is 2.08 bits per heavy atom. The summed E-state index contributed by atoms with van der Waals surface area (Å²) in [5.41, 5.74) is 1.80. The van der Waals surface area contributed by atoms with Gasteiger partial charge in [0.15, 0.2) is 0 Å². The summed E-state index contributed by atoms with van der Waals surface area (Å²) in [4.78, 5) is 18.9. The third-order valence-corrected chi connectivity index (χ3v) is 4.91. The summed E-state index contributed by atoms with van der Waals surface area (Å²) in [6, 6.07) is 9.42. The Bertz CT molecular complexity index is 730. The van der Waals surface area contributed by atoms with Gasteiger partial charge in [-0.2, -0.15) is 0 Å². The van der Waals surface area contributed by atoms with Crippen molar-refractivity contribution in [3.63, 3.8) is 0 Å². The molecule has 0 spiro atoms. The van der Waals surface area contributed by atoms with Gasteiger partial charge in [-0.15, -0.1) is 0 Å². The number of rotatable bonds is 5. The van der Waals surface area contributed by atoms with E-state index in [2.05, 4.69) is 15.2 Å². The Morgan fingerprint density at radius 1 is 1.32 bits per heavy atom. The van der Waals surface area contributed by atoms with Gasteiger partial charge in [-0.1, -0.05) is 23.7 Å². The Balaban J connectivity index is 1.53. The maximum absolute atomic E-state index is 12.5. The number of halogens is 1. The number of nitrogens with one attached hydrogen (secondary N) is 1. The van der Waals surface area contributed by atoms with Crippen LogP contribution in [0.15, 0.2) is 42.7 Å². The van der Waals surface area contributed by atoms with E-state index in [-0.39, 0.29) is 11.8 Å². The fourth-order valence-electron chi connectivity index (χ4n) is 3.11. The molecule has 0 unspecified atom stereocenters. The van der Waals surface area contributed by atoms with E-state index in [0.29, 0.717) is 10.8 Å². The van der Waals surface area contributed by atoms with Gasteiger partial charge < -0.3 is 10.1 Å². The maximum atomic E-state index is 12.5. The molecule has 1 aromatic heterocycles. The molecule has 1 aromatic carbocycles. The molecule has 0 radical (unpaired) electrons. The number of hydrogen-bond acceptors (Lipinski definition) is 4. The summed E-state index contributed by atoms with van der Waals surface area (Å²) in [6.45, 7) is 2.55. The second-order valence-electron chi connectivity index (χ2n) is 6.21. The third-order valence-electron chi connectivity index (χ3n) is 4.57. The van der Waals surface area contributed by atoms with Crippen LogP contribution in [0.25, 0.3) is 0 Å². The summed E-state index contributed by atoms with van der Waals surface area (Å²) in [5, 5.41) is 3.69. The molecule has 1 saturated heterocycles. The van der Waals surface area contributed by atoms with Crippen molar-refractivity contribution < 1.29 is 9.53 Å². The minimum absolute atomic E-state index is 0.0223. The topological polar surface area (TPSA) is 54.5 Å². The van der Waals surface area contributed by atoms with Crippen LogP contribution in [-0.4, -0.2) is 36.0 Å². The number of benzene rings is 1. The molecule has 25 heavy (non-hydrogen) atoms. The van der Waals surface area contributed by atoms with Gasteiger partial charge in [-0.25, -0.2) is 0 Å². The van der Waals surface area contributed by atoms with Gasteiger partial charge in [0, 0.05) is 24.9 Å². The summed E-state index contributed by atoms with van der Waals surface area (Å²) in [7, 11) is 1.60. The lowest BCUT2D eigenvalue weighted by Crippen LogP contribution is -2.37. The number of carbonyl (C=O) groups is 1. The molecule has 1 N–H and O–H groups in total. The molecule has 1 aliphatic rings. The maximum Gasteiger partial charge on any atom is 0.227 e. The molecule has 1 fully saturated rings. The van der Waals surface area contributed by atoms with Crippen molar-refractivity contribution in [1.82, 2.24) is 9.88 Å². The largest absolute Gasteiger partial charge is 0.495 e. The zero-order valence-electron chi connectivity index (χ0n) is 14.2. The van der Waals surface area contributed by atoms with Crippen LogP contribution in [0.5, 0.6) is 5.75 Å². The first-order valence-electron chi connectivity index (χ1n) is 8.42. The number of anilines is 1. The number of likely N-dealkylation sites (tertiary alicyclic amines) is 1. The van der Waals surface area contributed by atoms with Crippen LogP contribution < -0.4 is 10.1 Å². The van der Waals surface area contributed by atoms with E-state index in [1.54, 1.807) is 19.5 Å². The van der Waals surface area contributed by atoms with Crippen LogP contribution in [-0.2, 0) is 11.3 Å². The van der Waals surface area contributed by atoms with Gasteiger partial charge in [-0.05, 0) is 49.7 Å². The van der Waals surface area contributed by atoms with E-state index in [4.69, 9.17) is 16.3 Å². The van der Waals surface area contributed by atoms with Crippen LogP contribution in [0.3, 0.4) is 0 Å². The first kappa shape index (κ1) is 17.7. The normalized spacial score (nSPS) is 15.8. The van der Waals surface area contributed by atoms with Crippen molar-refractivity contribution in [3.8, 4) is 5.75 Å². The first-order valence-corrected chi connectivity index (χ1v) is 8.80. The number of carbonyl (C=O) groups excluding carboxylic acids is 1. The minimum Gasteiger partial charge on any atom is -0.495 e. The summed E-state index contributed by atoms with van der Waals surface area (Å²) < 4.78 is 5.29. The monoisotopic (exact) mass is 359 g/mol. The molecule has 2 heterocycles. The fourth-order valence-corrected chi connectivity index (χ4v) is 3.29. The summed E-state index contributed by atoms with van der Waals surface area (Å²) in [5.74, 6) is 0.765. The number of methoxy groups -OCH3 is 1. The van der Waals surface area contributed by atoms with Crippen LogP contribution in [0, 0.1) is 5.92 Å². The first-order chi connectivity index (χ1) is 12.2. The van der Waals surface area contributed by atoms with Gasteiger partial charge in [0.2, 0.25) is 5.91 Å². The van der Waals surface area contributed by atoms with Gasteiger partial charge in [0.25, 0.3) is 0 Å². The van der Waals surface area contributed by atoms with Gasteiger partial charge >= 0.3 is 0 Å². The average molecular weight is 360 g/mol. The molecular formula is C19H22ClN3O2. The van der Waals surface area contributed by atoms with Crippen LogP contribution >= 0.6 is 11.6 Å². The number of hydrogen-bond donors (Lipinski definition) is 1. The summed E-state index contributed by atoms with van der Waals surface area (Å²) >= 11 is 6.18. The van der Waals surface area contributed by atoms with Gasteiger partial charge in [0.1, 0.15) is 5.75 Å². The Kier molecular flexibility index (Phi) is 5.89. The summed E-state index contributed by atoms with van der Waals surface area (Å²) in [6.07, 6.45) is 5.10. The Morgan fingerprint density at radius 3 is 2.80 bits per heavy atom. The molecular weight excluding hydrogens is 338 g/mol. The van der Waals surface area contributed by atoms with E-state index in [1.807, 2.05) is 30.3 Å². The van der Waals surface area contributed by atoms with Crippen molar-refractivity contribution in [3.05, 3.63) is 53.3 Å². The number of piperidine rings is 1. The number of para-hydroxylation sites is 2. The molecule has 3 rings (SSSR count). The van der Waals surface area contributed by atoms with Crippen LogP contribution in [0.1, 0.15) is 18.4 Å². The van der Waals surface area contributed by atoms with Crippen molar-refractivity contribution in [1.29, 1.82) is 0 Å². The number of ether oxygens (including phenoxy) is 1. The SMILES string of the molecule is COc1ccccc1NC(=O)C1CCN(Cc2ccncc2Cl)CC1. The number of aromatic nitrogens is 1. The Labute approximate surface area is 153 Å². The van der Waals surface area contributed by atoms with Crippen molar-refractivity contribution >= 4 is 23.2 Å². The third kappa shape index (κ3) is 4.50. The molecule has 1 aliphatic heterocycles. The molecule has 132 valence electrons. The lowest BCUT2D eigenvalue weighted by molar-refractivity contribution is -0.121. The van der Waals surface area contributed by atoms with E-state index in [1.165, 1.54) is 0 Å². The second kappa shape index (κ2) is 8.32. The van der Waals surface area contributed by atoms with Crippen molar-refractivity contribution in [2.45, 2.75) is 19.4 Å². The zero-order valence-corrected chi connectivity index (χ0v) is 15.0. The predicted molar refractivity (Wildman–Crippen MR) is 98.9 cm³/mol. The lowest BCUT2D eigenvalue weighted by atomic mass is 9.95. The number of nitrogens with zero attached hydrogens (tertiary/aromatic N) is 2. The zero-order chi connectivity index (χ0) is 17.6. The van der Waals surface area contributed by atoms with E-state index < -0.39 is 0 Å². The second-order valence-corrected chi connectivity index (χ2v) is 6.61. The molecule has 2 aromatic rings. The molecule has 0 saturated carbocycles. The average Bonchev–Trinajstić information content (AvgIpc) is 2.64. The van der Waals surface area contributed by atoms with Crippen molar-refractivity contribution in [2.24, 2.45) is 5.92 Å². The Hall–Kier alpha value is -2.11. The highest BCUT2D eigenvalue weighted by Crippen LogP contribution is 2.26. The van der Waals surface area contributed by atoms with E-state index in [0.717, 1.165) is 43.7 Å². The van der Waals surface area contributed by atoms with Crippen LogP contribution in [0.4, 0.5) is 5.69 Å². The van der Waals surface area contributed by atoms with E-state index >= 15 is 0 Å². The van der Waals surface area contributed by atoms with Crippen molar-refractivity contribution in [2.75, 3.05) is 25.5 Å². The van der Waals surface area contributed by atoms with Gasteiger partial charge in [-0.3, -0.25) is 14.7 Å². The highest BCUT2D eigenvalue weighted by Gasteiger charge is 2.25. The standard InChI is InChI=1S/C19H22ClN3O2/c1-25-18-5-3-2-4-17(18)22-19(24)14-7-10-23(11-8-14)13-15-6-9-21-12-16(15)20/h2-6,9,12,14H,7-8,10-11,13H2,1H3,(H,22,24). The highest BCUT2D eigenvalue weighted by molar-refractivity contribution is 6.31. The highest BCUT2D eigenvalue weighted by atomic mass is 35.5. The molecule has 1 amide bonds. The van der Waals surface area contributed by atoms with E-state index in [9.17, 15) is 4.79 Å². The molecule has 0 bridgehead atoms. The molecule has 6 heteroatoms. The molecule has 0 atom stereocenters. The lowest BCUT2D eigenvalue weighted by Gasteiger charge is -2.31. The van der Waals surface area contributed by atoms with Gasteiger partial charge in [0.05, 0.1) is 17.8 Å². The van der Waals surface area contributed by atoms with Crippen LogP contribution in [0.2, 0.25) is 5.02 Å². The number of amides is 1. The predicted octanol–water partition coefficient (Wildman–Crippen LogP) is 3.59. The fraction of sp³-hybridized carbons (Fsp3) is 0.368.